The molecular weight excluding hydrogens is 326 g/mol. The summed E-state index contributed by atoms with van der Waals surface area (Å²) in [4.78, 5) is 10.8. The van der Waals surface area contributed by atoms with Crippen LogP contribution in [0, 0.1) is 0 Å². The van der Waals surface area contributed by atoms with Gasteiger partial charge in [-0.1, -0.05) is 6.07 Å². The molecule has 8 heteroatoms. The molecule has 2 rings (SSSR count). The quantitative estimate of drug-likeness (QED) is 0.466. The molecule has 0 aliphatic carbocycles. The average molecular weight is 353 g/mol. The number of aromatic nitrogens is 1. The summed E-state index contributed by atoms with van der Waals surface area (Å²) < 4.78 is 23.5. The van der Waals surface area contributed by atoms with Gasteiger partial charge in [0.1, 0.15) is 5.82 Å². The van der Waals surface area contributed by atoms with Crippen LogP contribution in [0.25, 0.3) is 0 Å². The summed E-state index contributed by atoms with van der Waals surface area (Å²) in [6.45, 7) is 8.50. The maximum absolute atomic E-state index is 12.1. The van der Waals surface area contributed by atoms with Crippen molar-refractivity contribution in [1.29, 1.82) is 0 Å². The van der Waals surface area contributed by atoms with Gasteiger partial charge < -0.3 is 15.5 Å². The van der Waals surface area contributed by atoms with E-state index in [1.165, 1.54) is 0 Å². The number of nitrogens with zero attached hydrogens (tertiary/aromatic N) is 3. The van der Waals surface area contributed by atoms with E-state index in [-0.39, 0.29) is 5.75 Å². The Morgan fingerprint density at radius 1 is 1.42 bits per heavy atom. The molecule has 1 aliphatic rings. The van der Waals surface area contributed by atoms with E-state index in [1.807, 2.05) is 30.0 Å². The molecule has 0 radical (unpaired) electrons. The van der Waals surface area contributed by atoms with Crippen LogP contribution in [-0.2, 0) is 9.84 Å². The van der Waals surface area contributed by atoms with E-state index in [1.54, 1.807) is 20.0 Å². The van der Waals surface area contributed by atoms with Crippen LogP contribution in [0.4, 0.5) is 5.82 Å². The number of aliphatic imine (C=N–C) groups is 1. The molecule has 0 atom stereocenters. The van der Waals surface area contributed by atoms with E-state index in [0.29, 0.717) is 26.2 Å². The van der Waals surface area contributed by atoms with Gasteiger partial charge in [-0.25, -0.2) is 13.4 Å². The molecule has 2 heterocycles. The Kier molecular flexibility index (Phi) is 6.04. The van der Waals surface area contributed by atoms with Gasteiger partial charge in [0.15, 0.2) is 15.8 Å². The Morgan fingerprint density at radius 2 is 2.21 bits per heavy atom. The Balaban J connectivity index is 1.96. The zero-order valence-corrected chi connectivity index (χ0v) is 15.4. The second kappa shape index (κ2) is 7.83. The molecule has 0 aromatic carbocycles. The third-order valence-corrected chi connectivity index (χ3v) is 6.56. The minimum absolute atomic E-state index is 0.163. The molecule has 0 unspecified atom stereocenters. The van der Waals surface area contributed by atoms with Crippen molar-refractivity contribution < 1.29 is 8.42 Å². The van der Waals surface area contributed by atoms with Gasteiger partial charge in [0, 0.05) is 32.4 Å². The van der Waals surface area contributed by atoms with Gasteiger partial charge in [0.05, 0.1) is 17.0 Å². The zero-order chi connectivity index (χ0) is 17.6. The predicted octanol–water partition coefficient (Wildman–Crippen LogP) is 0.968. The second-order valence-electron chi connectivity index (χ2n) is 6.38. The molecule has 134 valence electrons. The number of hydrogen-bond acceptors (Lipinski definition) is 5. The van der Waals surface area contributed by atoms with Gasteiger partial charge in [0.2, 0.25) is 0 Å². The number of rotatable bonds is 5. The number of pyridine rings is 1. The molecule has 1 aromatic rings. The number of anilines is 1. The summed E-state index contributed by atoms with van der Waals surface area (Å²) in [5, 5.41) is 6.47. The van der Waals surface area contributed by atoms with Crippen molar-refractivity contribution in [2.24, 2.45) is 4.99 Å². The van der Waals surface area contributed by atoms with Crippen LogP contribution in [0.5, 0.6) is 0 Å². The molecule has 1 aromatic heterocycles. The molecule has 1 aliphatic heterocycles. The molecule has 1 saturated heterocycles. The summed E-state index contributed by atoms with van der Waals surface area (Å²) >= 11 is 0. The number of nitrogens with one attached hydrogen (secondary N) is 2. The second-order valence-corrected chi connectivity index (χ2v) is 9.12. The molecule has 0 amide bonds. The van der Waals surface area contributed by atoms with Crippen molar-refractivity contribution in [2.75, 3.05) is 43.8 Å². The summed E-state index contributed by atoms with van der Waals surface area (Å²) in [5.41, 5.74) is 0. The summed E-state index contributed by atoms with van der Waals surface area (Å²) in [7, 11) is -3.05. The van der Waals surface area contributed by atoms with Gasteiger partial charge in [-0.15, -0.1) is 0 Å². The highest BCUT2D eigenvalue weighted by Crippen LogP contribution is 2.23. The van der Waals surface area contributed by atoms with Gasteiger partial charge >= 0.3 is 0 Å². The van der Waals surface area contributed by atoms with Crippen molar-refractivity contribution >= 4 is 21.6 Å². The van der Waals surface area contributed by atoms with Crippen LogP contribution in [0.2, 0.25) is 0 Å². The molecule has 2 N–H and O–H groups in total. The van der Waals surface area contributed by atoms with Crippen LogP contribution >= 0.6 is 0 Å². The monoisotopic (exact) mass is 353 g/mol. The normalized spacial score (nSPS) is 19.8. The predicted molar refractivity (Wildman–Crippen MR) is 98.1 cm³/mol. The Morgan fingerprint density at radius 3 is 2.83 bits per heavy atom. The van der Waals surface area contributed by atoms with Crippen LogP contribution in [-0.4, -0.2) is 67.5 Å². The third kappa shape index (κ3) is 4.59. The van der Waals surface area contributed by atoms with Crippen LogP contribution in [0.15, 0.2) is 29.4 Å². The minimum atomic E-state index is -3.05. The van der Waals surface area contributed by atoms with Crippen LogP contribution in [0.1, 0.15) is 20.8 Å². The van der Waals surface area contributed by atoms with Crippen molar-refractivity contribution in [3.05, 3.63) is 24.4 Å². The molecule has 1 fully saturated rings. The lowest BCUT2D eigenvalue weighted by Gasteiger charge is -2.39. The van der Waals surface area contributed by atoms with Gasteiger partial charge in [-0.3, -0.25) is 4.99 Å². The molecule has 7 nitrogen and oxygen atoms in total. The SMILES string of the molecule is CCNC(=NCCNc1ccccn1)N1CCS(=O)(=O)C(C)(C)C1. The third-order valence-electron chi connectivity index (χ3n) is 4.02. The fourth-order valence-corrected chi connectivity index (χ4v) is 3.93. The molecule has 0 bridgehead atoms. The summed E-state index contributed by atoms with van der Waals surface area (Å²) in [5.74, 6) is 1.75. The largest absolute Gasteiger partial charge is 0.368 e. The van der Waals surface area contributed by atoms with Crippen LogP contribution in [0.3, 0.4) is 0 Å². The first-order valence-electron chi connectivity index (χ1n) is 8.26. The minimum Gasteiger partial charge on any atom is -0.368 e. The first-order chi connectivity index (χ1) is 11.4. The Hall–Kier alpha value is -1.83. The highest BCUT2D eigenvalue weighted by Gasteiger charge is 2.40. The molecule has 0 saturated carbocycles. The first-order valence-corrected chi connectivity index (χ1v) is 9.91. The number of hydrogen-bond donors (Lipinski definition) is 2. The molecular formula is C16H27N5O2S. The molecule has 24 heavy (non-hydrogen) atoms. The Labute approximate surface area is 144 Å². The van der Waals surface area contributed by atoms with E-state index >= 15 is 0 Å². The van der Waals surface area contributed by atoms with Crippen molar-refractivity contribution in [2.45, 2.75) is 25.5 Å². The maximum atomic E-state index is 12.1. The smallest absolute Gasteiger partial charge is 0.194 e. The van der Waals surface area contributed by atoms with Gasteiger partial charge in [-0.2, -0.15) is 0 Å². The van der Waals surface area contributed by atoms with E-state index in [9.17, 15) is 8.42 Å². The number of sulfone groups is 1. The summed E-state index contributed by atoms with van der Waals surface area (Å²) in [6.07, 6.45) is 1.74. The zero-order valence-electron chi connectivity index (χ0n) is 14.6. The highest BCUT2D eigenvalue weighted by atomic mass is 32.2. The van der Waals surface area contributed by atoms with E-state index in [4.69, 9.17) is 0 Å². The van der Waals surface area contributed by atoms with Crippen LogP contribution < -0.4 is 10.6 Å². The Bertz CT molecular complexity index is 658. The first kappa shape index (κ1) is 18.5. The van der Waals surface area contributed by atoms with Gasteiger partial charge in [-0.05, 0) is 32.9 Å². The highest BCUT2D eigenvalue weighted by molar-refractivity contribution is 7.92. The lowest BCUT2D eigenvalue weighted by molar-refractivity contribution is 0.353. The molecule has 0 spiro atoms. The topological polar surface area (TPSA) is 86.7 Å². The van der Waals surface area contributed by atoms with Crippen molar-refractivity contribution in [3.63, 3.8) is 0 Å². The average Bonchev–Trinajstić information content (AvgIpc) is 2.54. The van der Waals surface area contributed by atoms with E-state index in [2.05, 4.69) is 20.6 Å². The fraction of sp³-hybridized carbons (Fsp3) is 0.625. The maximum Gasteiger partial charge on any atom is 0.194 e. The lowest BCUT2D eigenvalue weighted by Crippen LogP contribution is -2.57. The number of guanidine groups is 1. The standard InChI is InChI=1S/C16H27N5O2S/c1-4-17-15(20-10-9-19-14-7-5-6-8-18-14)21-11-12-24(22,23)16(2,3)13-21/h5-8H,4,9-13H2,1-3H3,(H,17,20)(H,18,19). The van der Waals surface area contributed by atoms with Gasteiger partial charge in [0.25, 0.3) is 0 Å². The lowest BCUT2D eigenvalue weighted by atomic mass is 10.2. The summed E-state index contributed by atoms with van der Waals surface area (Å²) in [6, 6.07) is 5.71. The van der Waals surface area contributed by atoms with Crippen molar-refractivity contribution in [1.82, 2.24) is 15.2 Å². The van der Waals surface area contributed by atoms with E-state index in [0.717, 1.165) is 18.3 Å². The fourth-order valence-electron chi connectivity index (χ4n) is 2.56. The van der Waals surface area contributed by atoms with E-state index < -0.39 is 14.6 Å². The van der Waals surface area contributed by atoms with Crippen molar-refractivity contribution in [3.8, 4) is 0 Å².